The van der Waals surface area contributed by atoms with Gasteiger partial charge in [-0.15, -0.1) is 0 Å². The lowest BCUT2D eigenvalue weighted by molar-refractivity contribution is -0.156. The number of ether oxygens (including phenoxy) is 4. The van der Waals surface area contributed by atoms with Crippen LogP contribution in [0.3, 0.4) is 0 Å². The fraction of sp³-hybridized carbons (Fsp3) is 0.909. The minimum Gasteiger partial charge on any atom is -0.464 e. The second kappa shape index (κ2) is 11.8. The van der Waals surface area contributed by atoms with Crippen molar-refractivity contribution in [2.24, 2.45) is 5.73 Å². The molecule has 0 unspecified atom stereocenters. The van der Waals surface area contributed by atoms with Crippen LogP contribution in [0.15, 0.2) is 0 Å². The van der Waals surface area contributed by atoms with Crippen molar-refractivity contribution < 1.29 is 23.7 Å². The fourth-order valence-corrected chi connectivity index (χ4v) is 1.02. The molecule has 0 saturated heterocycles. The van der Waals surface area contributed by atoms with Crippen molar-refractivity contribution in [3.63, 3.8) is 0 Å². The van der Waals surface area contributed by atoms with Gasteiger partial charge < -0.3 is 24.7 Å². The van der Waals surface area contributed by atoms with E-state index < -0.39 is 6.10 Å². The highest BCUT2D eigenvalue weighted by Crippen LogP contribution is 1.94. The lowest BCUT2D eigenvalue weighted by atomic mass is 10.4. The smallest absolute Gasteiger partial charge is 0.334 e. The van der Waals surface area contributed by atoms with E-state index in [1.165, 1.54) is 0 Å². The standard InChI is InChI=1S/C11H23NO5/c1-3-16-11(13)10(2)17-9-8-15-7-6-14-5-4-12/h10H,3-9,12H2,1-2H3/t10-/m0/s1. The van der Waals surface area contributed by atoms with Crippen LogP contribution in [0.4, 0.5) is 0 Å². The zero-order valence-electron chi connectivity index (χ0n) is 10.6. The molecule has 0 saturated carbocycles. The summed E-state index contributed by atoms with van der Waals surface area (Å²) >= 11 is 0. The van der Waals surface area contributed by atoms with E-state index in [1.54, 1.807) is 13.8 Å². The third-order valence-electron chi connectivity index (χ3n) is 1.85. The van der Waals surface area contributed by atoms with Crippen LogP contribution < -0.4 is 5.73 Å². The van der Waals surface area contributed by atoms with E-state index in [-0.39, 0.29) is 5.97 Å². The van der Waals surface area contributed by atoms with Crippen LogP contribution in [-0.4, -0.2) is 58.3 Å². The van der Waals surface area contributed by atoms with E-state index in [0.29, 0.717) is 46.2 Å². The summed E-state index contributed by atoms with van der Waals surface area (Å²) in [5.74, 6) is -0.348. The highest BCUT2D eigenvalue weighted by Gasteiger charge is 2.13. The largest absolute Gasteiger partial charge is 0.464 e. The number of nitrogens with two attached hydrogens (primary N) is 1. The van der Waals surface area contributed by atoms with Crippen molar-refractivity contribution in [3.8, 4) is 0 Å². The van der Waals surface area contributed by atoms with Crippen molar-refractivity contribution >= 4 is 5.97 Å². The molecule has 0 rings (SSSR count). The van der Waals surface area contributed by atoms with Gasteiger partial charge in [-0.25, -0.2) is 4.79 Å². The molecule has 0 aromatic carbocycles. The quantitative estimate of drug-likeness (QED) is 0.408. The predicted octanol–water partition coefficient (Wildman–Crippen LogP) is -0.0535. The molecule has 102 valence electrons. The molecular formula is C11H23NO5. The van der Waals surface area contributed by atoms with Gasteiger partial charge in [0.25, 0.3) is 0 Å². The van der Waals surface area contributed by atoms with Crippen LogP contribution in [0.1, 0.15) is 13.8 Å². The molecule has 6 nitrogen and oxygen atoms in total. The minimum absolute atomic E-state index is 0.348. The Morgan fingerprint density at radius 2 is 1.71 bits per heavy atom. The SMILES string of the molecule is CCOC(=O)[C@H](C)OCCOCCOCCN. The number of hydrogen-bond acceptors (Lipinski definition) is 6. The Morgan fingerprint density at radius 3 is 2.29 bits per heavy atom. The first-order valence-corrected chi connectivity index (χ1v) is 5.86. The highest BCUT2D eigenvalue weighted by atomic mass is 16.6. The molecule has 0 radical (unpaired) electrons. The second-order valence-corrected chi connectivity index (χ2v) is 3.28. The molecule has 0 aliphatic heterocycles. The maximum atomic E-state index is 11.2. The molecule has 0 amide bonds. The zero-order valence-corrected chi connectivity index (χ0v) is 10.6. The van der Waals surface area contributed by atoms with Crippen molar-refractivity contribution in [1.82, 2.24) is 0 Å². The zero-order chi connectivity index (χ0) is 12.9. The molecule has 0 aliphatic rings. The summed E-state index contributed by atoms with van der Waals surface area (Å²) in [6, 6.07) is 0. The van der Waals surface area contributed by atoms with E-state index in [0.717, 1.165) is 0 Å². The minimum atomic E-state index is -0.549. The first-order chi connectivity index (χ1) is 8.22. The van der Waals surface area contributed by atoms with Gasteiger partial charge in [0.1, 0.15) is 0 Å². The van der Waals surface area contributed by atoms with E-state index in [4.69, 9.17) is 24.7 Å². The van der Waals surface area contributed by atoms with Gasteiger partial charge in [0.05, 0.1) is 39.6 Å². The van der Waals surface area contributed by atoms with E-state index in [2.05, 4.69) is 0 Å². The van der Waals surface area contributed by atoms with Gasteiger partial charge in [-0.05, 0) is 13.8 Å². The van der Waals surface area contributed by atoms with Gasteiger partial charge in [-0.1, -0.05) is 0 Å². The molecule has 0 heterocycles. The molecular weight excluding hydrogens is 226 g/mol. The van der Waals surface area contributed by atoms with Crippen LogP contribution in [0.2, 0.25) is 0 Å². The van der Waals surface area contributed by atoms with Crippen molar-refractivity contribution in [3.05, 3.63) is 0 Å². The van der Waals surface area contributed by atoms with Crippen molar-refractivity contribution in [1.29, 1.82) is 0 Å². The van der Waals surface area contributed by atoms with Crippen LogP contribution in [-0.2, 0) is 23.7 Å². The van der Waals surface area contributed by atoms with Gasteiger partial charge in [0.15, 0.2) is 6.10 Å². The van der Waals surface area contributed by atoms with Crippen LogP contribution in [0.5, 0.6) is 0 Å². The maximum absolute atomic E-state index is 11.2. The lowest BCUT2D eigenvalue weighted by Crippen LogP contribution is -2.25. The van der Waals surface area contributed by atoms with Crippen LogP contribution in [0.25, 0.3) is 0 Å². The Balaban J connectivity index is 3.24. The van der Waals surface area contributed by atoms with Crippen LogP contribution in [0, 0.1) is 0 Å². The molecule has 0 aromatic heterocycles. The normalized spacial score (nSPS) is 12.4. The third kappa shape index (κ3) is 10.2. The monoisotopic (exact) mass is 249 g/mol. The number of hydrogen-bond donors (Lipinski definition) is 1. The van der Waals surface area contributed by atoms with Crippen molar-refractivity contribution in [2.45, 2.75) is 20.0 Å². The Hall–Kier alpha value is -0.690. The number of rotatable bonds is 11. The fourth-order valence-electron chi connectivity index (χ4n) is 1.02. The summed E-state index contributed by atoms with van der Waals surface area (Å²) in [7, 11) is 0. The Kier molecular flexibility index (Phi) is 11.3. The molecule has 0 aromatic rings. The van der Waals surface area contributed by atoms with Gasteiger partial charge in [0, 0.05) is 6.54 Å². The molecule has 0 bridgehead atoms. The highest BCUT2D eigenvalue weighted by molar-refractivity contribution is 5.74. The van der Waals surface area contributed by atoms with Gasteiger partial charge in [-0.2, -0.15) is 0 Å². The number of carbonyl (C=O) groups is 1. The molecule has 2 N–H and O–H groups in total. The van der Waals surface area contributed by atoms with E-state index >= 15 is 0 Å². The number of esters is 1. The molecule has 1 atom stereocenters. The van der Waals surface area contributed by atoms with Gasteiger partial charge in [0.2, 0.25) is 0 Å². The topological polar surface area (TPSA) is 80.0 Å². The summed E-state index contributed by atoms with van der Waals surface area (Å²) in [6.07, 6.45) is -0.549. The van der Waals surface area contributed by atoms with Gasteiger partial charge in [-0.3, -0.25) is 0 Å². The lowest BCUT2D eigenvalue weighted by Gasteiger charge is -2.11. The number of carbonyl (C=O) groups excluding carboxylic acids is 1. The maximum Gasteiger partial charge on any atom is 0.334 e. The summed E-state index contributed by atoms with van der Waals surface area (Å²) < 4.78 is 20.4. The van der Waals surface area contributed by atoms with E-state index in [1.807, 2.05) is 0 Å². The second-order valence-electron chi connectivity index (χ2n) is 3.28. The summed E-state index contributed by atoms with van der Waals surface area (Å²) in [5.41, 5.74) is 5.25. The average Bonchev–Trinajstić information content (AvgIpc) is 2.32. The Morgan fingerprint density at radius 1 is 1.12 bits per heavy atom. The summed E-state index contributed by atoms with van der Waals surface area (Å²) in [5, 5.41) is 0. The van der Waals surface area contributed by atoms with Gasteiger partial charge >= 0.3 is 5.97 Å². The molecule has 0 spiro atoms. The molecule has 17 heavy (non-hydrogen) atoms. The Bertz CT molecular complexity index is 189. The van der Waals surface area contributed by atoms with Crippen LogP contribution >= 0.6 is 0 Å². The Labute approximate surface area is 102 Å². The third-order valence-corrected chi connectivity index (χ3v) is 1.85. The summed E-state index contributed by atoms with van der Waals surface area (Å²) in [6.45, 7) is 6.63. The van der Waals surface area contributed by atoms with E-state index in [9.17, 15) is 4.79 Å². The molecule has 6 heteroatoms. The molecule has 0 aliphatic carbocycles. The first-order valence-electron chi connectivity index (χ1n) is 5.86. The predicted molar refractivity (Wildman–Crippen MR) is 62.7 cm³/mol. The molecule has 0 fully saturated rings. The summed E-state index contributed by atoms with van der Waals surface area (Å²) in [4.78, 5) is 11.2. The average molecular weight is 249 g/mol. The van der Waals surface area contributed by atoms with Crippen molar-refractivity contribution in [2.75, 3.05) is 46.2 Å². The first kappa shape index (κ1) is 16.3.